The molecule has 0 aliphatic rings. The normalized spacial score (nSPS) is 12.6. The van der Waals surface area contributed by atoms with Crippen molar-refractivity contribution >= 4 is 0 Å². The van der Waals surface area contributed by atoms with Gasteiger partial charge in [0.25, 0.3) is 0 Å². The molecular formula is C14H20N4. The summed E-state index contributed by atoms with van der Waals surface area (Å²) >= 11 is 0. The molecule has 0 amide bonds. The maximum atomic E-state index is 4.39. The third-order valence-electron chi connectivity index (χ3n) is 3.16. The maximum absolute atomic E-state index is 4.39. The van der Waals surface area contributed by atoms with E-state index >= 15 is 0 Å². The molecule has 18 heavy (non-hydrogen) atoms. The van der Waals surface area contributed by atoms with Crippen molar-refractivity contribution in [3.63, 3.8) is 0 Å². The second kappa shape index (κ2) is 5.78. The van der Waals surface area contributed by atoms with E-state index in [2.05, 4.69) is 40.0 Å². The van der Waals surface area contributed by atoms with Gasteiger partial charge in [-0.25, -0.2) is 0 Å². The van der Waals surface area contributed by atoms with Crippen LogP contribution >= 0.6 is 0 Å². The molecule has 0 saturated carbocycles. The predicted molar refractivity (Wildman–Crippen MR) is 72.4 cm³/mol. The van der Waals surface area contributed by atoms with Gasteiger partial charge in [0.15, 0.2) is 0 Å². The summed E-state index contributed by atoms with van der Waals surface area (Å²) in [5, 5.41) is 7.75. The lowest BCUT2D eigenvalue weighted by Gasteiger charge is -2.19. The zero-order valence-corrected chi connectivity index (χ0v) is 11.2. The minimum atomic E-state index is 0.146. The van der Waals surface area contributed by atoms with Crippen LogP contribution in [0.4, 0.5) is 0 Å². The molecule has 0 radical (unpaired) electrons. The largest absolute Gasteiger partial charge is 0.308 e. The van der Waals surface area contributed by atoms with Crippen LogP contribution in [-0.2, 0) is 6.54 Å². The molecule has 4 heteroatoms. The predicted octanol–water partition coefficient (Wildman–Crippen LogP) is 2.31. The van der Waals surface area contributed by atoms with Crippen molar-refractivity contribution in [2.24, 2.45) is 0 Å². The van der Waals surface area contributed by atoms with Gasteiger partial charge in [0.2, 0.25) is 0 Å². The molecular weight excluding hydrogens is 224 g/mol. The Hall–Kier alpha value is -1.68. The average molecular weight is 244 g/mol. The van der Waals surface area contributed by atoms with E-state index in [0.29, 0.717) is 0 Å². The first-order valence-electron chi connectivity index (χ1n) is 6.37. The molecule has 1 unspecified atom stereocenters. The second-order valence-corrected chi connectivity index (χ2v) is 4.43. The molecule has 0 fully saturated rings. The summed E-state index contributed by atoms with van der Waals surface area (Å²) in [6, 6.07) is 4.26. The van der Waals surface area contributed by atoms with Crippen molar-refractivity contribution in [1.29, 1.82) is 0 Å². The first kappa shape index (κ1) is 12.8. The second-order valence-electron chi connectivity index (χ2n) is 4.43. The van der Waals surface area contributed by atoms with Gasteiger partial charge in [0.1, 0.15) is 0 Å². The Morgan fingerprint density at radius 2 is 2.17 bits per heavy atom. The monoisotopic (exact) mass is 244 g/mol. The van der Waals surface area contributed by atoms with Gasteiger partial charge in [-0.3, -0.25) is 9.67 Å². The first-order valence-corrected chi connectivity index (χ1v) is 6.37. The molecule has 2 heterocycles. The minimum Gasteiger partial charge on any atom is -0.308 e. The van der Waals surface area contributed by atoms with Gasteiger partial charge in [-0.15, -0.1) is 0 Å². The smallest absolute Gasteiger partial charge is 0.0763 e. The van der Waals surface area contributed by atoms with Gasteiger partial charge in [-0.1, -0.05) is 6.92 Å². The molecule has 0 aliphatic carbocycles. The van der Waals surface area contributed by atoms with Gasteiger partial charge in [0, 0.05) is 25.1 Å². The van der Waals surface area contributed by atoms with Gasteiger partial charge < -0.3 is 5.32 Å². The zero-order valence-electron chi connectivity index (χ0n) is 11.2. The van der Waals surface area contributed by atoms with Crippen molar-refractivity contribution < 1.29 is 0 Å². The molecule has 4 nitrogen and oxygen atoms in total. The number of rotatable bonds is 5. The van der Waals surface area contributed by atoms with Gasteiger partial charge >= 0.3 is 0 Å². The van der Waals surface area contributed by atoms with Gasteiger partial charge in [0.05, 0.1) is 11.7 Å². The fourth-order valence-electron chi connectivity index (χ4n) is 2.23. The Morgan fingerprint density at radius 1 is 1.33 bits per heavy atom. The molecule has 2 aromatic heterocycles. The highest BCUT2D eigenvalue weighted by atomic mass is 15.3. The van der Waals surface area contributed by atoms with Crippen LogP contribution in [0.25, 0.3) is 0 Å². The number of aryl methyl sites for hydroxylation is 2. The highest BCUT2D eigenvalue weighted by molar-refractivity contribution is 5.31. The number of hydrogen-bond donors (Lipinski definition) is 1. The van der Waals surface area contributed by atoms with Crippen molar-refractivity contribution in [1.82, 2.24) is 20.1 Å². The van der Waals surface area contributed by atoms with Crippen LogP contribution in [0.2, 0.25) is 0 Å². The number of nitrogens with zero attached hydrogens (tertiary/aromatic N) is 3. The molecule has 2 rings (SSSR count). The summed E-state index contributed by atoms with van der Waals surface area (Å²) in [6.45, 7) is 5.22. The van der Waals surface area contributed by atoms with E-state index in [4.69, 9.17) is 0 Å². The SMILES string of the molecule is CCCn1nccc1C(NC)c1cnccc1C. The Labute approximate surface area is 108 Å². The highest BCUT2D eigenvalue weighted by Gasteiger charge is 2.18. The van der Waals surface area contributed by atoms with Crippen LogP contribution < -0.4 is 5.32 Å². The standard InChI is InChI=1S/C14H20N4/c1-4-9-18-13(6-8-17-18)14(15-3)12-10-16-7-5-11(12)2/h5-8,10,14-15H,4,9H2,1-3H3. The minimum absolute atomic E-state index is 0.146. The van der Waals surface area contributed by atoms with E-state index in [0.717, 1.165) is 13.0 Å². The average Bonchev–Trinajstić information content (AvgIpc) is 2.82. The summed E-state index contributed by atoms with van der Waals surface area (Å²) in [5.41, 5.74) is 3.64. The van der Waals surface area contributed by atoms with E-state index in [9.17, 15) is 0 Å². The summed E-state index contributed by atoms with van der Waals surface area (Å²) in [5.74, 6) is 0. The Bertz CT molecular complexity index is 504. The van der Waals surface area contributed by atoms with Crippen molar-refractivity contribution in [2.45, 2.75) is 32.9 Å². The molecule has 1 N–H and O–H groups in total. The van der Waals surface area contributed by atoms with Gasteiger partial charge in [-0.05, 0) is 43.7 Å². The maximum Gasteiger partial charge on any atom is 0.0763 e. The number of hydrogen-bond acceptors (Lipinski definition) is 3. The summed E-state index contributed by atoms with van der Waals surface area (Å²) in [7, 11) is 1.97. The van der Waals surface area contributed by atoms with E-state index in [1.807, 2.05) is 31.7 Å². The number of aromatic nitrogens is 3. The molecule has 1 atom stereocenters. The lowest BCUT2D eigenvalue weighted by atomic mass is 10.0. The van der Waals surface area contributed by atoms with Crippen LogP contribution in [0.3, 0.4) is 0 Å². The zero-order chi connectivity index (χ0) is 13.0. The van der Waals surface area contributed by atoms with Crippen LogP contribution in [-0.4, -0.2) is 21.8 Å². The summed E-state index contributed by atoms with van der Waals surface area (Å²) < 4.78 is 2.06. The van der Waals surface area contributed by atoms with Crippen molar-refractivity contribution in [2.75, 3.05) is 7.05 Å². The van der Waals surface area contributed by atoms with Crippen molar-refractivity contribution in [3.8, 4) is 0 Å². The fraction of sp³-hybridized carbons (Fsp3) is 0.429. The molecule has 0 bridgehead atoms. The van der Waals surface area contributed by atoms with E-state index in [1.165, 1.54) is 16.8 Å². The third kappa shape index (κ3) is 2.43. The topological polar surface area (TPSA) is 42.7 Å². The number of nitrogens with one attached hydrogen (secondary N) is 1. The fourth-order valence-corrected chi connectivity index (χ4v) is 2.23. The quantitative estimate of drug-likeness (QED) is 0.877. The Balaban J connectivity index is 2.39. The van der Waals surface area contributed by atoms with E-state index in [1.54, 1.807) is 0 Å². The molecule has 0 aromatic carbocycles. The molecule has 0 aliphatic heterocycles. The van der Waals surface area contributed by atoms with Crippen LogP contribution in [0.1, 0.15) is 36.2 Å². The van der Waals surface area contributed by atoms with Crippen LogP contribution in [0.5, 0.6) is 0 Å². The molecule has 0 spiro atoms. The molecule has 0 saturated heterocycles. The highest BCUT2D eigenvalue weighted by Crippen LogP contribution is 2.23. The van der Waals surface area contributed by atoms with E-state index < -0.39 is 0 Å². The van der Waals surface area contributed by atoms with Crippen molar-refractivity contribution in [3.05, 3.63) is 47.5 Å². The Kier molecular flexibility index (Phi) is 4.10. The summed E-state index contributed by atoms with van der Waals surface area (Å²) in [6.07, 6.45) is 6.70. The Morgan fingerprint density at radius 3 is 2.83 bits per heavy atom. The lowest BCUT2D eigenvalue weighted by molar-refractivity contribution is 0.533. The molecule has 2 aromatic rings. The number of pyridine rings is 1. The van der Waals surface area contributed by atoms with Crippen LogP contribution in [0.15, 0.2) is 30.7 Å². The van der Waals surface area contributed by atoms with Gasteiger partial charge in [-0.2, -0.15) is 5.10 Å². The van der Waals surface area contributed by atoms with E-state index in [-0.39, 0.29) is 6.04 Å². The first-order chi connectivity index (χ1) is 8.77. The summed E-state index contributed by atoms with van der Waals surface area (Å²) in [4.78, 5) is 4.23. The van der Waals surface area contributed by atoms with Crippen LogP contribution in [0, 0.1) is 6.92 Å². The third-order valence-corrected chi connectivity index (χ3v) is 3.16. The molecule has 96 valence electrons. The lowest BCUT2D eigenvalue weighted by Crippen LogP contribution is -2.22.